The third kappa shape index (κ3) is 7.69. The zero-order chi connectivity index (χ0) is 24.5. The number of rotatable bonds is 3. The molecule has 0 aliphatic carbocycles. The number of nitroso groups, excluding NO2 is 1. The Balaban J connectivity index is 0.000000281. The van der Waals surface area contributed by atoms with Crippen LogP contribution < -0.4 is 5.59 Å². The van der Waals surface area contributed by atoms with Crippen molar-refractivity contribution in [3.63, 3.8) is 0 Å². The minimum absolute atomic E-state index is 0. The van der Waals surface area contributed by atoms with Crippen molar-refractivity contribution in [3.05, 3.63) is 73.1 Å². The SMILES string of the molecule is CP(C)C.C[C@]12[CH][CH][C@](C)(O1)[C@H](C#N)C2.[N]=O.[W].c1cnn([B-](n2cccn2)n2cccn2)c1. The molecular weight excluding hydrogens is 622 g/mol. The van der Waals surface area contributed by atoms with Crippen LogP contribution in [0.3, 0.4) is 0 Å². The molecule has 34 heavy (non-hydrogen) atoms. The number of aromatic nitrogens is 6. The molecule has 2 fully saturated rings. The standard InChI is InChI=1S/C9H9BN6.C9H11NO.C3H9P.NO.W/c1-4-11-14(7-1)10(15-8-2-5-12-15)16-9-3-6-13-16;1-8-3-4-9(2,11-8)7(5-8)6-10;1-4(2)3;1-2;/h1-9H;3-4,7H,5H2,1-2H3;1-3H3;;/q-1;;;;/t;7-,8+,9-;;;/m.0.../s1. The molecule has 0 saturated carbocycles. The van der Waals surface area contributed by atoms with E-state index in [2.05, 4.69) is 47.8 Å². The van der Waals surface area contributed by atoms with Gasteiger partial charge < -0.3 is 18.5 Å². The summed E-state index contributed by atoms with van der Waals surface area (Å²) in [5, 5.41) is 21.5. The normalized spacial score (nSPS) is 24.0. The van der Waals surface area contributed by atoms with Crippen molar-refractivity contribution in [2.75, 3.05) is 20.0 Å². The number of hydrogen-bond donors (Lipinski definition) is 0. The number of nitrogens with zero attached hydrogens (tertiary/aromatic N) is 8. The molecular formula is C21H29BN8O2PW-. The van der Waals surface area contributed by atoms with Gasteiger partial charge in [-0.1, -0.05) is 0 Å². The van der Waals surface area contributed by atoms with Crippen LogP contribution in [0.25, 0.3) is 0 Å². The first-order valence-electron chi connectivity index (χ1n) is 10.3. The zero-order valence-electron chi connectivity index (χ0n) is 20.0. The second-order valence-electron chi connectivity index (χ2n) is 8.46. The Morgan fingerprint density at radius 1 is 0.941 bits per heavy atom. The Hall–Kier alpha value is -2.14. The molecule has 0 N–H and O–H groups in total. The summed E-state index contributed by atoms with van der Waals surface area (Å²) < 4.78 is 11.1. The Morgan fingerprint density at radius 2 is 1.35 bits per heavy atom. The molecule has 13 heteroatoms. The third-order valence-electron chi connectivity index (χ3n) is 4.96. The monoisotopic (exact) mass is 651 g/mol. The molecule has 0 spiro atoms. The third-order valence-corrected chi connectivity index (χ3v) is 4.96. The Kier molecular flexibility index (Phi) is 12.0. The van der Waals surface area contributed by atoms with Crippen LogP contribution in [-0.4, -0.2) is 67.4 Å². The predicted molar refractivity (Wildman–Crippen MR) is 129 cm³/mol. The van der Waals surface area contributed by atoms with Crippen molar-refractivity contribution in [1.82, 2.24) is 34.7 Å². The smallest absolute Gasteiger partial charge is 0.260 e. The van der Waals surface area contributed by atoms with Crippen molar-refractivity contribution in [2.45, 2.75) is 31.5 Å². The van der Waals surface area contributed by atoms with Crippen LogP contribution in [0, 0.1) is 35.0 Å². The van der Waals surface area contributed by atoms with Gasteiger partial charge in [-0.15, -0.1) is 12.8 Å². The van der Waals surface area contributed by atoms with Crippen LogP contribution in [0.15, 0.2) is 55.4 Å². The van der Waals surface area contributed by atoms with E-state index in [4.69, 9.17) is 20.5 Å². The summed E-state index contributed by atoms with van der Waals surface area (Å²) in [5.41, 5.74) is 5.29. The molecule has 180 valence electrons. The molecule has 4 radical (unpaired) electrons. The average molecular weight is 651 g/mol. The Bertz CT molecular complexity index is 899. The molecule has 10 nitrogen and oxygen atoms in total. The maximum absolute atomic E-state index is 8.80. The molecule has 0 unspecified atom stereocenters. The van der Waals surface area contributed by atoms with Gasteiger partial charge in [-0.3, -0.25) is 0 Å². The molecule has 2 bridgehead atoms. The van der Waals surface area contributed by atoms with E-state index in [9.17, 15) is 0 Å². The molecule has 0 amide bonds. The second kappa shape index (κ2) is 13.7. The second-order valence-corrected chi connectivity index (χ2v) is 11.1. The van der Waals surface area contributed by atoms with Gasteiger partial charge in [0.15, 0.2) is 0 Å². The van der Waals surface area contributed by atoms with Gasteiger partial charge in [0.2, 0.25) is 0 Å². The van der Waals surface area contributed by atoms with Gasteiger partial charge in [0, 0.05) is 46.1 Å². The summed E-state index contributed by atoms with van der Waals surface area (Å²) in [6.07, 6.45) is 15.8. The first-order chi connectivity index (χ1) is 15.8. The van der Waals surface area contributed by atoms with Crippen LogP contribution >= 0.6 is 7.92 Å². The molecule has 3 aromatic rings. The van der Waals surface area contributed by atoms with E-state index < -0.39 is 0 Å². The summed E-state index contributed by atoms with van der Waals surface area (Å²) in [5.74, 6) is 0.0394. The van der Waals surface area contributed by atoms with Crippen LogP contribution in [0.4, 0.5) is 0 Å². The Morgan fingerprint density at radius 3 is 1.56 bits per heavy atom. The number of fused-ring (bicyclic) bond motifs is 2. The summed E-state index contributed by atoms with van der Waals surface area (Å²) in [6.45, 7) is 10.7. The topological polar surface area (TPSA) is 126 Å². The minimum Gasteiger partial charge on any atom is -0.425 e. The molecule has 2 aliphatic heterocycles. The van der Waals surface area contributed by atoms with Crippen molar-refractivity contribution >= 4 is 15.0 Å². The van der Waals surface area contributed by atoms with Gasteiger partial charge in [0.05, 0.1) is 23.2 Å². The molecule has 2 saturated heterocycles. The molecule has 5 heterocycles. The van der Waals surface area contributed by atoms with Gasteiger partial charge in [-0.2, -0.15) is 5.26 Å². The maximum atomic E-state index is 8.80. The van der Waals surface area contributed by atoms with E-state index in [-0.39, 0.29) is 45.3 Å². The zero-order valence-corrected chi connectivity index (χ0v) is 23.8. The summed E-state index contributed by atoms with van der Waals surface area (Å²) >= 11 is 0. The average Bonchev–Trinajstić information content (AvgIpc) is 3.59. The number of nitriles is 1. The van der Waals surface area contributed by atoms with E-state index in [1.807, 2.05) is 57.1 Å². The van der Waals surface area contributed by atoms with Crippen molar-refractivity contribution in [2.24, 2.45) is 5.92 Å². The molecule has 0 aromatic carbocycles. The van der Waals surface area contributed by atoms with Gasteiger partial charge in [0.1, 0.15) is 5.59 Å². The minimum atomic E-state index is -0.302. The van der Waals surface area contributed by atoms with Crippen LogP contribution in [0.1, 0.15) is 20.3 Å². The van der Waals surface area contributed by atoms with E-state index in [1.54, 1.807) is 32.4 Å². The summed E-state index contributed by atoms with van der Waals surface area (Å²) in [7, 11) is 0.185. The van der Waals surface area contributed by atoms with Crippen molar-refractivity contribution in [1.29, 1.82) is 5.26 Å². The van der Waals surface area contributed by atoms with E-state index in [0.717, 1.165) is 6.42 Å². The van der Waals surface area contributed by atoms with Crippen LogP contribution in [-0.2, 0) is 25.8 Å². The predicted octanol–water partition coefficient (Wildman–Crippen LogP) is 2.60. The first kappa shape index (κ1) is 29.9. The van der Waals surface area contributed by atoms with E-state index in [0.29, 0.717) is 7.92 Å². The van der Waals surface area contributed by atoms with E-state index >= 15 is 0 Å². The quantitative estimate of drug-likeness (QED) is 0.317. The van der Waals surface area contributed by atoms with Crippen molar-refractivity contribution in [3.8, 4) is 6.07 Å². The summed E-state index contributed by atoms with van der Waals surface area (Å²) in [4.78, 5) is 7.25. The van der Waals surface area contributed by atoms with E-state index in [1.165, 1.54) is 0 Å². The van der Waals surface area contributed by atoms with Crippen molar-refractivity contribution < 1.29 is 25.8 Å². The number of ether oxygens (including phenoxy) is 1. The fourth-order valence-corrected chi connectivity index (χ4v) is 3.61. The largest absolute Gasteiger partial charge is 0.425 e. The maximum Gasteiger partial charge on any atom is 0.260 e. The van der Waals surface area contributed by atoms with Gasteiger partial charge in [0.25, 0.3) is 7.12 Å². The Labute approximate surface area is 217 Å². The number of hydrogen-bond acceptors (Lipinski definition) is 6. The molecule has 5 rings (SSSR count). The van der Waals surface area contributed by atoms with Crippen LogP contribution in [0.5, 0.6) is 0 Å². The molecule has 2 aliphatic rings. The first-order valence-corrected chi connectivity index (χ1v) is 13.0. The van der Waals surface area contributed by atoms with Gasteiger partial charge >= 0.3 is 0 Å². The molecule has 3 atom stereocenters. The summed E-state index contributed by atoms with van der Waals surface area (Å²) in [6, 6.07) is 7.91. The van der Waals surface area contributed by atoms with Crippen LogP contribution in [0.2, 0.25) is 0 Å². The van der Waals surface area contributed by atoms with Gasteiger partial charge in [-0.05, 0) is 83.5 Å². The fourth-order valence-electron chi connectivity index (χ4n) is 3.61. The molecule has 3 aromatic heterocycles. The fraction of sp³-hybridized carbons (Fsp3) is 0.429. The van der Waals surface area contributed by atoms with Gasteiger partial charge in [-0.25, -0.2) is 15.3 Å².